The maximum atomic E-state index is 5.37. The highest BCUT2D eigenvalue weighted by Gasteiger charge is 1.97. The van der Waals surface area contributed by atoms with E-state index in [1.54, 1.807) is 11.8 Å². The van der Waals surface area contributed by atoms with Crippen molar-refractivity contribution in [3.8, 4) is 0 Å². The molecule has 1 aromatic heterocycles. The molecule has 4 heteroatoms. The summed E-state index contributed by atoms with van der Waals surface area (Å²) in [5.74, 6) is 1.06. The molecule has 2 N–H and O–H groups in total. The lowest BCUT2D eigenvalue weighted by Gasteiger charge is -1.98. The van der Waals surface area contributed by atoms with Gasteiger partial charge in [-0.15, -0.1) is 0 Å². The van der Waals surface area contributed by atoms with Crippen molar-refractivity contribution in [2.45, 2.75) is 11.6 Å². The van der Waals surface area contributed by atoms with Gasteiger partial charge in [-0.2, -0.15) is 0 Å². The molecule has 0 saturated heterocycles. The van der Waals surface area contributed by atoms with Crippen LogP contribution < -0.4 is 5.73 Å². The maximum absolute atomic E-state index is 5.37. The molecule has 0 saturated carbocycles. The maximum Gasteiger partial charge on any atom is 0.167 e. The average Bonchev–Trinajstić information content (AvgIpc) is 2.37. The number of imidazole rings is 1. The Balaban J connectivity index is 2.32. The lowest BCUT2D eigenvalue weighted by molar-refractivity contribution is 0.788. The van der Waals surface area contributed by atoms with Crippen molar-refractivity contribution in [2.24, 2.45) is 12.8 Å². The van der Waals surface area contributed by atoms with Gasteiger partial charge in [-0.05, 0) is 13.0 Å². The van der Waals surface area contributed by atoms with Crippen LogP contribution in [0.3, 0.4) is 0 Å². The zero-order valence-corrected chi connectivity index (χ0v) is 7.47. The van der Waals surface area contributed by atoms with Crippen molar-refractivity contribution >= 4 is 11.8 Å². The van der Waals surface area contributed by atoms with Crippen LogP contribution >= 0.6 is 11.8 Å². The van der Waals surface area contributed by atoms with E-state index in [1.807, 2.05) is 24.0 Å². The molecule has 1 heterocycles. The van der Waals surface area contributed by atoms with Crippen LogP contribution in [-0.2, 0) is 7.05 Å². The number of nitrogens with zero attached hydrogens (tertiary/aromatic N) is 2. The van der Waals surface area contributed by atoms with Gasteiger partial charge in [-0.25, -0.2) is 4.98 Å². The standard InChI is InChI=1S/C7H13N3S/c1-10-5-4-9-7(10)11-6-2-3-8/h4-5H,2-3,6,8H2,1H3. The van der Waals surface area contributed by atoms with Crippen LogP contribution in [0.5, 0.6) is 0 Å². The third kappa shape index (κ3) is 2.55. The van der Waals surface area contributed by atoms with Crippen LogP contribution in [0.4, 0.5) is 0 Å². The molecule has 1 aromatic rings. The molecule has 0 amide bonds. The topological polar surface area (TPSA) is 43.8 Å². The highest BCUT2D eigenvalue weighted by atomic mass is 32.2. The molecule has 0 radical (unpaired) electrons. The normalized spacial score (nSPS) is 10.4. The molecular weight excluding hydrogens is 158 g/mol. The van der Waals surface area contributed by atoms with Crippen molar-refractivity contribution in [3.05, 3.63) is 12.4 Å². The van der Waals surface area contributed by atoms with Gasteiger partial charge in [-0.1, -0.05) is 11.8 Å². The first-order valence-electron chi connectivity index (χ1n) is 3.65. The molecule has 0 aromatic carbocycles. The van der Waals surface area contributed by atoms with E-state index in [1.165, 1.54) is 0 Å². The Morgan fingerprint density at radius 2 is 2.55 bits per heavy atom. The number of aryl methyl sites for hydroxylation is 1. The summed E-state index contributed by atoms with van der Waals surface area (Å²) in [6.45, 7) is 0.761. The predicted molar refractivity (Wildman–Crippen MR) is 47.6 cm³/mol. The van der Waals surface area contributed by atoms with Gasteiger partial charge in [0.2, 0.25) is 0 Å². The third-order valence-corrected chi connectivity index (χ3v) is 2.50. The molecule has 0 bridgehead atoms. The van der Waals surface area contributed by atoms with Gasteiger partial charge in [0.1, 0.15) is 0 Å². The van der Waals surface area contributed by atoms with Crippen LogP contribution in [0.25, 0.3) is 0 Å². The fraction of sp³-hybridized carbons (Fsp3) is 0.571. The zero-order valence-electron chi connectivity index (χ0n) is 6.66. The van der Waals surface area contributed by atoms with Crippen LogP contribution in [0, 0.1) is 0 Å². The summed E-state index contributed by atoms with van der Waals surface area (Å²) < 4.78 is 2.02. The van der Waals surface area contributed by atoms with Gasteiger partial charge < -0.3 is 10.3 Å². The van der Waals surface area contributed by atoms with Gasteiger partial charge >= 0.3 is 0 Å². The van der Waals surface area contributed by atoms with Crippen molar-refractivity contribution < 1.29 is 0 Å². The summed E-state index contributed by atoms with van der Waals surface area (Å²) >= 11 is 1.75. The van der Waals surface area contributed by atoms with Crippen molar-refractivity contribution in [1.82, 2.24) is 9.55 Å². The second-order valence-electron chi connectivity index (χ2n) is 2.31. The predicted octanol–water partition coefficient (Wildman–Crippen LogP) is 0.861. The average molecular weight is 171 g/mol. The van der Waals surface area contributed by atoms with Crippen LogP contribution in [0.2, 0.25) is 0 Å². The monoisotopic (exact) mass is 171 g/mol. The number of aromatic nitrogens is 2. The Labute approximate surface area is 71.0 Å². The minimum absolute atomic E-state index is 0.761. The first kappa shape index (κ1) is 8.62. The Bertz CT molecular complexity index is 209. The van der Waals surface area contributed by atoms with E-state index >= 15 is 0 Å². The third-order valence-electron chi connectivity index (χ3n) is 1.36. The smallest absolute Gasteiger partial charge is 0.167 e. The quantitative estimate of drug-likeness (QED) is 0.540. The van der Waals surface area contributed by atoms with Crippen LogP contribution in [0.15, 0.2) is 17.6 Å². The molecule has 0 aliphatic carbocycles. The molecular formula is C7H13N3S. The fourth-order valence-corrected chi connectivity index (χ4v) is 1.63. The molecule has 3 nitrogen and oxygen atoms in total. The SMILES string of the molecule is Cn1ccnc1SCCCN. The summed E-state index contributed by atoms with van der Waals surface area (Å²) in [7, 11) is 2.00. The zero-order chi connectivity index (χ0) is 8.10. The highest BCUT2D eigenvalue weighted by molar-refractivity contribution is 7.99. The molecule has 0 unspecified atom stereocenters. The molecule has 1 rings (SSSR count). The summed E-state index contributed by atoms with van der Waals surface area (Å²) in [4.78, 5) is 4.17. The number of hydrogen-bond acceptors (Lipinski definition) is 3. The van der Waals surface area contributed by atoms with Gasteiger partial charge in [0, 0.05) is 25.2 Å². The minimum atomic E-state index is 0.761. The molecule has 62 valence electrons. The summed E-state index contributed by atoms with van der Waals surface area (Å²) in [6, 6.07) is 0. The number of hydrogen-bond donors (Lipinski definition) is 1. The van der Waals surface area contributed by atoms with Crippen molar-refractivity contribution in [1.29, 1.82) is 0 Å². The molecule has 0 aliphatic rings. The fourth-order valence-electron chi connectivity index (χ4n) is 0.738. The van der Waals surface area contributed by atoms with Gasteiger partial charge in [0.25, 0.3) is 0 Å². The first-order chi connectivity index (χ1) is 5.34. The summed E-state index contributed by atoms with van der Waals surface area (Å²) in [6.07, 6.45) is 4.81. The Kier molecular flexibility index (Phi) is 3.45. The van der Waals surface area contributed by atoms with Gasteiger partial charge in [0.05, 0.1) is 0 Å². The lowest BCUT2D eigenvalue weighted by Crippen LogP contribution is -2.00. The summed E-state index contributed by atoms with van der Waals surface area (Å²) in [5, 5.41) is 1.07. The second kappa shape index (κ2) is 4.41. The first-order valence-corrected chi connectivity index (χ1v) is 4.63. The second-order valence-corrected chi connectivity index (χ2v) is 3.37. The Hall–Kier alpha value is -0.480. The van der Waals surface area contributed by atoms with E-state index in [0.717, 1.165) is 23.9 Å². The van der Waals surface area contributed by atoms with Gasteiger partial charge in [-0.3, -0.25) is 0 Å². The highest BCUT2D eigenvalue weighted by Crippen LogP contribution is 2.14. The number of nitrogens with two attached hydrogens (primary N) is 1. The largest absolute Gasteiger partial charge is 0.330 e. The van der Waals surface area contributed by atoms with Crippen molar-refractivity contribution in [2.75, 3.05) is 12.3 Å². The van der Waals surface area contributed by atoms with E-state index in [-0.39, 0.29) is 0 Å². The molecule has 0 atom stereocenters. The Morgan fingerprint density at radius 1 is 1.73 bits per heavy atom. The lowest BCUT2D eigenvalue weighted by atomic mass is 10.5. The molecule has 0 spiro atoms. The van der Waals surface area contributed by atoms with E-state index < -0.39 is 0 Å². The summed E-state index contributed by atoms with van der Waals surface area (Å²) in [5.41, 5.74) is 5.37. The molecule has 11 heavy (non-hydrogen) atoms. The number of rotatable bonds is 4. The van der Waals surface area contributed by atoms with Crippen LogP contribution in [0.1, 0.15) is 6.42 Å². The molecule has 0 fully saturated rings. The van der Waals surface area contributed by atoms with E-state index in [9.17, 15) is 0 Å². The van der Waals surface area contributed by atoms with E-state index in [2.05, 4.69) is 4.98 Å². The Morgan fingerprint density at radius 3 is 3.09 bits per heavy atom. The van der Waals surface area contributed by atoms with E-state index in [0.29, 0.717) is 0 Å². The minimum Gasteiger partial charge on any atom is -0.330 e. The van der Waals surface area contributed by atoms with Gasteiger partial charge in [0.15, 0.2) is 5.16 Å². The van der Waals surface area contributed by atoms with Crippen LogP contribution in [-0.4, -0.2) is 21.8 Å². The van der Waals surface area contributed by atoms with E-state index in [4.69, 9.17) is 5.73 Å². The molecule has 0 aliphatic heterocycles. The number of thioether (sulfide) groups is 1. The van der Waals surface area contributed by atoms with Crippen molar-refractivity contribution in [3.63, 3.8) is 0 Å².